The molecule has 394 valence electrons. The first-order valence-electron chi connectivity index (χ1n) is 24.3. The first-order chi connectivity index (χ1) is 33.1. The molecule has 0 radical (unpaired) electrons. The van der Waals surface area contributed by atoms with Gasteiger partial charge in [0, 0.05) is 42.6 Å². The molecular formula is C51H71F5N6O8S. The summed E-state index contributed by atoms with van der Waals surface area (Å²) in [4.78, 5) is 51.4. The number of carbonyl (C=O) groups is 3. The third-order valence-corrected chi connectivity index (χ3v) is 12.7. The number of likely N-dealkylation sites (tertiary alicyclic amines) is 1. The second-order valence-electron chi connectivity index (χ2n) is 20.6. The van der Waals surface area contributed by atoms with Crippen LogP contribution in [0.4, 0.5) is 42.4 Å². The fourth-order valence-corrected chi connectivity index (χ4v) is 9.92. The van der Waals surface area contributed by atoms with Crippen molar-refractivity contribution in [2.45, 2.75) is 157 Å². The molecule has 0 aliphatic carbocycles. The smallest absolute Gasteiger partial charge is 0.417 e. The molecule has 5 heterocycles. The summed E-state index contributed by atoms with van der Waals surface area (Å²) in [6.07, 6.45) is -1.06. The number of anilines is 2. The van der Waals surface area contributed by atoms with E-state index < -0.39 is 63.4 Å². The van der Waals surface area contributed by atoms with E-state index in [0.717, 1.165) is 49.1 Å². The summed E-state index contributed by atoms with van der Waals surface area (Å²) in [7, 11) is 1.26. The Kier molecular flexibility index (Phi) is 18.6. The highest BCUT2D eigenvalue weighted by molar-refractivity contribution is 7.23. The molecule has 2 aromatic heterocycles. The number of esters is 1. The summed E-state index contributed by atoms with van der Waals surface area (Å²) in [6, 6.07) is 1.93. The van der Waals surface area contributed by atoms with Crippen molar-refractivity contribution < 1.29 is 60.0 Å². The van der Waals surface area contributed by atoms with Gasteiger partial charge in [-0.3, -0.25) is 15.0 Å². The maximum atomic E-state index is 16.9. The molecule has 2 unspecified atom stereocenters. The molecule has 71 heavy (non-hydrogen) atoms. The van der Waals surface area contributed by atoms with E-state index >= 15 is 22.0 Å². The maximum absolute atomic E-state index is 16.9. The highest BCUT2D eigenvalue weighted by Crippen LogP contribution is 2.49. The number of ether oxygens (including phenoxy) is 5. The number of thiophene rings is 1. The van der Waals surface area contributed by atoms with Crippen molar-refractivity contribution in [3.63, 3.8) is 0 Å². The third-order valence-electron chi connectivity index (χ3n) is 11.5. The average Bonchev–Trinajstić information content (AvgIpc) is 3.97. The molecule has 2 aromatic carbocycles. The molecule has 3 aliphatic rings. The van der Waals surface area contributed by atoms with E-state index in [1.54, 1.807) is 51.3 Å². The number of methoxy groups -OCH3 is 1. The normalized spacial score (nSPS) is 17.4. The van der Waals surface area contributed by atoms with E-state index in [4.69, 9.17) is 23.7 Å². The van der Waals surface area contributed by atoms with Crippen LogP contribution in [0.5, 0.6) is 6.01 Å². The number of amides is 2. The largest absolute Gasteiger partial charge is 0.467 e. The zero-order valence-corrected chi connectivity index (χ0v) is 44.2. The van der Waals surface area contributed by atoms with Crippen LogP contribution in [0.2, 0.25) is 0 Å². The summed E-state index contributed by atoms with van der Waals surface area (Å²) >= 11 is 0.795. The number of fused-ring (bicyclic) bond motifs is 4. The average molecular weight is 1020 g/mol. The van der Waals surface area contributed by atoms with Gasteiger partial charge >= 0.3 is 30.3 Å². The molecule has 0 spiro atoms. The number of aryl methyl sites for hydroxylation is 1. The molecule has 0 saturated carbocycles. The quantitative estimate of drug-likeness (QED) is 0.0660. The molecule has 20 heteroatoms. The Balaban J connectivity index is 0.000000394. The van der Waals surface area contributed by atoms with Crippen LogP contribution >= 0.6 is 11.3 Å². The zero-order valence-electron chi connectivity index (χ0n) is 43.4. The minimum absolute atomic E-state index is 0.00843. The van der Waals surface area contributed by atoms with E-state index in [1.165, 1.54) is 40.0 Å². The molecule has 3 aliphatic heterocycles. The summed E-state index contributed by atoms with van der Waals surface area (Å²) in [5, 5.41) is 2.46. The van der Waals surface area contributed by atoms with Crippen molar-refractivity contribution in [2.75, 3.05) is 63.3 Å². The second kappa shape index (κ2) is 23.2. The highest BCUT2D eigenvalue weighted by atomic mass is 32.1. The number of nitrogens with zero attached hydrogens (tertiary/aromatic N) is 5. The fourth-order valence-electron chi connectivity index (χ4n) is 8.79. The molecule has 2 bridgehead atoms. The topological polar surface area (TPSA) is 145 Å². The number of nitrogens with one attached hydrogen (secondary N) is 1. The molecular weight excluding hydrogens is 952 g/mol. The van der Waals surface area contributed by atoms with E-state index in [9.17, 15) is 14.4 Å². The van der Waals surface area contributed by atoms with Gasteiger partial charge in [-0.2, -0.15) is 23.1 Å². The Morgan fingerprint density at radius 2 is 1.45 bits per heavy atom. The van der Waals surface area contributed by atoms with Crippen LogP contribution in [0.1, 0.15) is 126 Å². The predicted octanol–water partition coefficient (Wildman–Crippen LogP) is 12.3. The number of alkyl halides is 3. The Morgan fingerprint density at radius 3 is 2.01 bits per heavy atom. The van der Waals surface area contributed by atoms with Crippen molar-refractivity contribution in [1.82, 2.24) is 19.8 Å². The van der Waals surface area contributed by atoms with Gasteiger partial charge in [0.25, 0.3) is 0 Å². The van der Waals surface area contributed by atoms with Gasteiger partial charge in [-0.1, -0.05) is 19.9 Å². The molecule has 3 fully saturated rings. The summed E-state index contributed by atoms with van der Waals surface area (Å²) in [5.74, 6) is -2.23. The summed E-state index contributed by atoms with van der Waals surface area (Å²) in [6.45, 7) is 26.6. The first kappa shape index (κ1) is 56.8. The van der Waals surface area contributed by atoms with E-state index in [-0.39, 0.29) is 74.6 Å². The number of rotatable bonds is 11. The third kappa shape index (κ3) is 14.8. The van der Waals surface area contributed by atoms with Gasteiger partial charge in [0.15, 0.2) is 5.82 Å². The lowest BCUT2D eigenvalue weighted by molar-refractivity contribution is -0.156. The number of hydrogen-bond acceptors (Lipinski definition) is 13. The van der Waals surface area contributed by atoms with Crippen molar-refractivity contribution in [2.24, 2.45) is 0 Å². The molecule has 2 atom stereocenters. The number of aromatic nitrogens is 2. The van der Waals surface area contributed by atoms with Crippen LogP contribution in [-0.2, 0) is 29.9 Å². The molecule has 7 rings (SSSR count). The number of hydrogen-bond donors (Lipinski definition) is 1. The van der Waals surface area contributed by atoms with Crippen LogP contribution < -0.4 is 15.0 Å². The lowest BCUT2D eigenvalue weighted by Crippen LogP contribution is -2.57. The van der Waals surface area contributed by atoms with Gasteiger partial charge in [-0.15, -0.1) is 11.3 Å². The van der Waals surface area contributed by atoms with Crippen molar-refractivity contribution in [3.8, 4) is 17.1 Å². The molecule has 2 amide bonds. The van der Waals surface area contributed by atoms with Gasteiger partial charge in [0.1, 0.15) is 39.0 Å². The van der Waals surface area contributed by atoms with Crippen molar-refractivity contribution in [3.05, 3.63) is 41.0 Å². The lowest BCUT2D eigenvalue weighted by Gasteiger charge is -2.42. The number of halogens is 5. The van der Waals surface area contributed by atoms with Gasteiger partial charge in [-0.25, -0.2) is 18.4 Å². The van der Waals surface area contributed by atoms with Crippen molar-refractivity contribution >= 4 is 61.3 Å². The summed E-state index contributed by atoms with van der Waals surface area (Å²) in [5.41, 5.74) is -4.58. The van der Waals surface area contributed by atoms with Gasteiger partial charge in [0.05, 0.1) is 42.5 Å². The lowest BCUT2D eigenvalue weighted by atomic mass is 9.92. The molecule has 4 aromatic rings. The predicted molar refractivity (Wildman–Crippen MR) is 266 cm³/mol. The van der Waals surface area contributed by atoms with E-state index in [2.05, 4.69) is 20.2 Å². The first-order valence-corrected chi connectivity index (χ1v) is 25.1. The number of benzene rings is 2. The Morgan fingerprint density at radius 1 is 0.845 bits per heavy atom. The highest BCUT2D eigenvalue weighted by Gasteiger charge is 2.46. The van der Waals surface area contributed by atoms with Gasteiger partial charge in [-0.05, 0) is 138 Å². The van der Waals surface area contributed by atoms with Crippen LogP contribution in [0.15, 0.2) is 18.2 Å². The minimum atomic E-state index is -5.07. The number of piperazine rings is 1. The van der Waals surface area contributed by atoms with E-state index in [1.807, 2.05) is 34.6 Å². The van der Waals surface area contributed by atoms with Crippen molar-refractivity contribution in [1.29, 1.82) is 0 Å². The minimum Gasteiger partial charge on any atom is -0.467 e. The monoisotopic (exact) mass is 1020 g/mol. The van der Waals surface area contributed by atoms with Crippen LogP contribution in [-0.4, -0.2) is 120 Å². The number of carbonyl (C=O) groups excluding carboxylic acids is 3. The SMILES string of the molecule is CC.CC(C)(C)OC(=O)CCOCCCN1CCCC1.COc1nc(N2CC3CCC(C2)N3C(=O)OC(C)(C)C)c2cc(C(F)(F)F)c(-c3ccc(F)c4sc(NC(=O)OC(C)(C)C)c(C)c34)c(F)c2n1. The Hall–Kier alpha value is -5.08. The summed E-state index contributed by atoms with van der Waals surface area (Å²) < 4.78 is 104. The Labute approximate surface area is 417 Å². The standard InChI is InChI=1S/C35H38F5N5O5S.C14H27NO3.C2H6/c1-16-23-19(11-12-22(36)27(23)51-29(16)43-31(46)49-33(2,3)4)24-21(35(38,39)40)13-20-26(25(24)37)41-30(48-8)42-28(20)44-14-17-9-10-18(15-44)45(17)32(47)50-34(5,6)7;1-14(2,3)18-13(16)7-12-17-11-6-10-15-8-4-5-9-15;1-2/h11-13,17-18H,9-10,14-15H2,1-8H3,(H,43,46);4-12H2,1-3H3;1-2H3. The maximum Gasteiger partial charge on any atom is 0.417 e. The van der Waals surface area contributed by atoms with Gasteiger partial charge in [0.2, 0.25) is 0 Å². The molecule has 3 saturated heterocycles. The Bertz CT molecular complexity index is 2500. The fraction of sp³-hybridized carbons (Fsp3) is 0.627. The zero-order chi connectivity index (χ0) is 52.8. The van der Waals surface area contributed by atoms with Gasteiger partial charge < -0.3 is 33.5 Å². The van der Waals surface area contributed by atoms with Crippen LogP contribution in [0.3, 0.4) is 0 Å². The molecule has 1 N–H and O–H groups in total. The van der Waals surface area contributed by atoms with Crippen LogP contribution in [0.25, 0.3) is 32.1 Å². The van der Waals surface area contributed by atoms with Crippen LogP contribution in [0, 0.1) is 18.6 Å². The van der Waals surface area contributed by atoms with E-state index in [0.29, 0.717) is 25.9 Å². The second-order valence-corrected chi connectivity index (χ2v) is 21.6. The molecule has 14 nitrogen and oxygen atoms in total.